The van der Waals surface area contributed by atoms with Crippen molar-refractivity contribution in [3.05, 3.63) is 16.1 Å². The number of hydrogen-bond donors (Lipinski definition) is 1. The Morgan fingerprint density at radius 3 is 2.80 bits per heavy atom. The second kappa shape index (κ2) is 5.82. The van der Waals surface area contributed by atoms with Crippen molar-refractivity contribution >= 4 is 17.2 Å². The molecule has 0 saturated heterocycles. The Labute approximate surface area is 93.6 Å². The highest BCUT2D eigenvalue weighted by atomic mass is 32.1. The molecule has 1 heterocycles. The minimum atomic E-state index is -0.0223. The second-order valence-corrected chi connectivity index (χ2v) is 4.14. The predicted octanol–water partition coefficient (Wildman–Crippen LogP) is 1.30. The van der Waals surface area contributed by atoms with Crippen LogP contribution < -0.4 is 0 Å². The van der Waals surface area contributed by atoms with Gasteiger partial charge in [-0.3, -0.25) is 4.79 Å². The molecule has 1 aromatic rings. The fraction of sp³-hybridized carbons (Fsp3) is 0.600. The first-order chi connectivity index (χ1) is 7.20. The molecule has 0 unspecified atom stereocenters. The van der Waals surface area contributed by atoms with Crippen LogP contribution in [0.2, 0.25) is 0 Å². The number of rotatable bonds is 5. The first-order valence-corrected chi connectivity index (χ1v) is 5.88. The van der Waals surface area contributed by atoms with Crippen molar-refractivity contribution < 1.29 is 9.90 Å². The molecule has 4 nitrogen and oxygen atoms in total. The highest BCUT2D eigenvalue weighted by molar-refractivity contribution is 7.11. The van der Waals surface area contributed by atoms with Crippen LogP contribution in [0.4, 0.5) is 0 Å². The summed E-state index contributed by atoms with van der Waals surface area (Å²) in [6.45, 7) is 4.91. The summed E-state index contributed by atoms with van der Waals surface area (Å²) in [5.74, 6) is -0.0223. The summed E-state index contributed by atoms with van der Waals surface area (Å²) in [6, 6.07) is 0. The zero-order chi connectivity index (χ0) is 11.3. The van der Waals surface area contributed by atoms with Crippen LogP contribution in [-0.2, 0) is 0 Å². The maximum Gasteiger partial charge on any atom is 0.265 e. The van der Waals surface area contributed by atoms with Gasteiger partial charge in [-0.25, -0.2) is 4.98 Å². The standard InChI is InChI=1S/C10H16N2O2S/c1-3-4-12(5-6-13)10(14)9-8(2)11-7-15-9/h7,13H,3-6H2,1-2H3. The summed E-state index contributed by atoms with van der Waals surface area (Å²) in [4.78, 5) is 18.4. The van der Waals surface area contributed by atoms with E-state index >= 15 is 0 Å². The molecule has 0 radical (unpaired) electrons. The van der Waals surface area contributed by atoms with E-state index in [-0.39, 0.29) is 12.5 Å². The molecule has 0 aliphatic heterocycles. The highest BCUT2D eigenvalue weighted by Gasteiger charge is 2.18. The van der Waals surface area contributed by atoms with E-state index in [1.807, 2.05) is 13.8 Å². The number of aryl methyl sites for hydroxylation is 1. The monoisotopic (exact) mass is 228 g/mol. The molecule has 1 N–H and O–H groups in total. The van der Waals surface area contributed by atoms with Crippen molar-refractivity contribution in [2.24, 2.45) is 0 Å². The third-order valence-electron chi connectivity index (χ3n) is 2.09. The Balaban J connectivity index is 2.76. The van der Waals surface area contributed by atoms with Crippen molar-refractivity contribution in [1.82, 2.24) is 9.88 Å². The van der Waals surface area contributed by atoms with Crippen LogP contribution in [0.1, 0.15) is 28.7 Å². The summed E-state index contributed by atoms with van der Waals surface area (Å²) >= 11 is 1.35. The van der Waals surface area contributed by atoms with Crippen molar-refractivity contribution in [1.29, 1.82) is 0 Å². The van der Waals surface area contributed by atoms with Crippen LogP contribution in [0, 0.1) is 6.92 Å². The molecule has 0 fully saturated rings. The van der Waals surface area contributed by atoms with Crippen molar-refractivity contribution in [3.8, 4) is 0 Å². The van der Waals surface area contributed by atoms with Gasteiger partial charge in [0.2, 0.25) is 0 Å². The molecule has 0 aliphatic rings. The number of aliphatic hydroxyl groups is 1. The average Bonchev–Trinajstić information content (AvgIpc) is 2.63. The highest BCUT2D eigenvalue weighted by Crippen LogP contribution is 2.15. The van der Waals surface area contributed by atoms with Gasteiger partial charge in [0.25, 0.3) is 5.91 Å². The molecule has 1 rings (SSSR count). The van der Waals surface area contributed by atoms with E-state index in [9.17, 15) is 4.79 Å². The SMILES string of the molecule is CCCN(CCO)C(=O)c1scnc1C. The topological polar surface area (TPSA) is 53.4 Å². The summed E-state index contributed by atoms with van der Waals surface area (Å²) < 4.78 is 0. The number of nitrogens with zero attached hydrogens (tertiary/aromatic N) is 2. The number of thiazole rings is 1. The lowest BCUT2D eigenvalue weighted by Crippen LogP contribution is -2.34. The summed E-state index contributed by atoms with van der Waals surface area (Å²) in [7, 11) is 0. The van der Waals surface area contributed by atoms with Gasteiger partial charge in [0, 0.05) is 13.1 Å². The fourth-order valence-corrected chi connectivity index (χ4v) is 2.13. The van der Waals surface area contributed by atoms with Gasteiger partial charge in [0.05, 0.1) is 17.8 Å². The first kappa shape index (κ1) is 12.1. The molecular weight excluding hydrogens is 212 g/mol. The number of carbonyl (C=O) groups is 1. The first-order valence-electron chi connectivity index (χ1n) is 5.01. The van der Waals surface area contributed by atoms with Crippen molar-refractivity contribution in [2.75, 3.05) is 19.7 Å². The fourth-order valence-electron chi connectivity index (χ4n) is 1.36. The van der Waals surface area contributed by atoms with Crippen LogP contribution in [0.3, 0.4) is 0 Å². The number of hydrogen-bond acceptors (Lipinski definition) is 4. The molecular formula is C10H16N2O2S. The Morgan fingerprint density at radius 2 is 2.33 bits per heavy atom. The van der Waals surface area contributed by atoms with Crippen LogP contribution >= 0.6 is 11.3 Å². The lowest BCUT2D eigenvalue weighted by molar-refractivity contribution is 0.0726. The molecule has 0 spiro atoms. The van der Waals surface area contributed by atoms with Crippen molar-refractivity contribution in [3.63, 3.8) is 0 Å². The van der Waals surface area contributed by atoms with E-state index in [2.05, 4.69) is 4.98 Å². The smallest absolute Gasteiger partial charge is 0.265 e. The molecule has 1 aromatic heterocycles. The molecule has 1 amide bonds. The van der Waals surface area contributed by atoms with Gasteiger partial charge in [0.1, 0.15) is 4.88 Å². The van der Waals surface area contributed by atoms with Crippen LogP contribution in [0.15, 0.2) is 5.51 Å². The van der Waals surface area contributed by atoms with E-state index in [1.54, 1.807) is 10.4 Å². The lowest BCUT2D eigenvalue weighted by Gasteiger charge is -2.20. The van der Waals surface area contributed by atoms with E-state index in [4.69, 9.17) is 5.11 Å². The largest absolute Gasteiger partial charge is 0.395 e. The van der Waals surface area contributed by atoms with E-state index in [0.29, 0.717) is 18.0 Å². The molecule has 0 atom stereocenters. The number of aromatic nitrogens is 1. The number of aliphatic hydroxyl groups excluding tert-OH is 1. The minimum Gasteiger partial charge on any atom is -0.395 e. The zero-order valence-corrected chi connectivity index (χ0v) is 9.88. The minimum absolute atomic E-state index is 0.00356. The van der Waals surface area contributed by atoms with Crippen LogP contribution in [0.25, 0.3) is 0 Å². The lowest BCUT2D eigenvalue weighted by atomic mass is 10.3. The van der Waals surface area contributed by atoms with Gasteiger partial charge in [-0.2, -0.15) is 0 Å². The molecule has 5 heteroatoms. The molecule has 84 valence electrons. The van der Waals surface area contributed by atoms with E-state index in [1.165, 1.54) is 11.3 Å². The number of carbonyl (C=O) groups excluding carboxylic acids is 1. The summed E-state index contributed by atoms with van der Waals surface area (Å²) in [5.41, 5.74) is 2.44. The zero-order valence-electron chi connectivity index (χ0n) is 9.06. The van der Waals surface area contributed by atoms with E-state index in [0.717, 1.165) is 12.1 Å². The van der Waals surface area contributed by atoms with Gasteiger partial charge in [-0.15, -0.1) is 11.3 Å². The molecule has 0 aromatic carbocycles. The molecule has 0 bridgehead atoms. The number of amides is 1. The maximum absolute atomic E-state index is 12.0. The summed E-state index contributed by atoms with van der Waals surface area (Å²) in [6.07, 6.45) is 0.892. The van der Waals surface area contributed by atoms with Gasteiger partial charge in [-0.1, -0.05) is 6.92 Å². The molecule has 0 saturated carbocycles. The molecule has 0 aliphatic carbocycles. The van der Waals surface area contributed by atoms with Crippen molar-refractivity contribution in [2.45, 2.75) is 20.3 Å². The van der Waals surface area contributed by atoms with Gasteiger partial charge in [0.15, 0.2) is 0 Å². The third kappa shape index (κ3) is 3.00. The van der Waals surface area contributed by atoms with E-state index < -0.39 is 0 Å². The second-order valence-electron chi connectivity index (χ2n) is 3.28. The Hall–Kier alpha value is -0.940. The summed E-state index contributed by atoms with van der Waals surface area (Å²) in [5, 5.41) is 8.87. The Morgan fingerprint density at radius 1 is 1.60 bits per heavy atom. The Kier molecular flexibility index (Phi) is 4.71. The normalized spacial score (nSPS) is 10.3. The van der Waals surface area contributed by atoms with Crippen LogP contribution in [0.5, 0.6) is 0 Å². The Bertz CT molecular complexity index is 319. The molecule has 15 heavy (non-hydrogen) atoms. The predicted molar refractivity (Wildman–Crippen MR) is 60.1 cm³/mol. The quantitative estimate of drug-likeness (QED) is 0.826. The maximum atomic E-state index is 12.0. The average molecular weight is 228 g/mol. The van der Waals surface area contributed by atoms with Gasteiger partial charge in [-0.05, 0) is 13.3 Å². The van der Waals surface area contributed by atoms with Gasteiger partial charge < -0.3 is 10.0 Å². The van der Waals surface area contributed by atoms with Crippen LogP contribution in [-0.4, -0.2) is 40.6 Å². The van der Waals surface area contributed by atoms with Gasteiger partial charge >= 0.3 is 0 Å². The third-order valence-corrected chi connectivity index (χ3v) is 3.01.